The molecule has 0 bridgehead atoms. The van der Waals surface area contributed by atoms with Gasteiger partial charge in [0.2, 0.25) is 0 Å². The van der Waals surface area contributed by atoms with Gasteiger partial charge in [-0.3, -0.25) is 0 Å². The fourth-order valence-electron chi connectivity index (χ4n) is 1.81. The number of hydrogen-bond donors (Lipinski definition) is 0. The van der Waals surface area contributed by atoms with E-state index in [2.05, 4.69) is 26.9 Å². The lowest BCUT2D eigenvalue weighted by molar-refractivity contribution is 0.174. The molecule has 0 aliphatic heterocycles. The zero-order valence-electron chi connectivity index (χ0n) is 12.2. The normalized spacial score (nSPS) is 10.8. The van der Waals surface area contributed by atoms with E-state index >= 15 is 0 Å². The average Bonchev–Trinajstić information content (AvgIpc) is 2.94. The highest BCUT2D eigenvalue weighted by Gasteiger charge is 2.10. The Kier molecular flexibility index (Phi) is 5.06. The Morgan fingerprint density at radius 1 is 1.35 bits per heavy atom. The number of methoxy groups -OCH3 is 1. The largest absolute Gasteiger partial charge is 0.377 e. The molecule has 0 aromatic carbocycles. The first-order chi connectivity index (χ1) is 9.74. The molecule has 0 saturated heterocycles. The predicted molar refractivity (Wildman–Crippen MR) is 76.4 cm³/mol. The van der Waals surface area contributed by atoms with Crippen molar-refractivity contribution in [1.29, 1.82) is 0 Å². The lowest BCUT2D eigenvalue weighted by Crippen LogP contribution is -2.19. The molecule has 0 fully saturated rings. The SMILES string of the molecule is CCCCN(C)c1ccc(-c2nc(COC)no2)cn1. The van der Waals surface area contributed by atoms with Crippen LogP contribution in [0.1, 0.15) is 25.6 Å². The van der Waals surface area contributed by atoms with Crippen LogP contribution in [0.3, 0.4) is 0 Å². The molecule has 20 heavy (non-hydrogen) atoms. The molecule has 0 aliphatic rings. The van der Waals surface area contributed by atoms with Crippen molar-refractivity contribution in [2.75, 3.05) is 25.6 Å². The third kappa shape index (κ3) is 3.54. The van der Waals surface area contributed by atoms with Gasteiger partial charge in [0.1, 0.15) is 12.4 Å². The lowest BCUT2D eigenvalue weighted by atomic mass is 10.2. The maximum Gasteiger partial charge on any atom is 0.259 e. The molecule has 6 nitrogen and oxygen atoms in total. The molecule has 0 spiro atoms. The first-order valence-corrected chi connectivity index (χ1v) is 6.73. The number of rotatable bonds is 7. The quantitative estimate of drug-likeness (QED) is 0.774. The lowest BCUT2D eigenvalue weighted by Gasteiger charge is -2.17. The van der Waals surface area contributed by atoms with Crippen molar-refractivity contribution < 1.29 is 9.26 Å². The first kappa shape index (κ1) is 14.5. The molecule has 2 aromatic rings. The van der Waals surface area contributed by atoms with Crippen LogP contribution >= 0.6 is 0 Å². The monoisotopic (exact) mass is 276 g/mol. The topological polar surface area (TPSA) is 64.3 Å². The minimum Gasteiger partial charge on any atom is -0.377 e. The van der Waals surface area contributed by atoms with Gasteiger partial charge < -0.3 is 14.2 Å². The number of ether oxygens (including phenoxy) is 1. The van der Waals surface area contributed by atoms with Crippen LogP contribution in [0.2, 0.25) is 0 Å². The Morgan fingerprint density at radius 2 is 2.20 bits per heavy atom. The van der Waals surface area contributed by atoms with E-state index in [1.165, 1.54) is 6.42 Å². The summed E-state index contributed by atoms with van der Waals surface area (Å²) in [5, 5.41) is 3.83. The van der Waals surface area contributed by atoms with Crippen LogP contribution < -0.4 is 4.90 Å². The van der Waals surface area contributed by atoms with Crippen molar-refractivity contribution in [3.05, 3.63) is 24.2 Å². The second kappa shape index (κ2) is 7.00. The number of nitrogens with zero attached hydrogens (tertiary/aromatic N) is 4. The zero-order chi connectivity index (χ0) is 14.4. The van der Waals surface area contributed by atoms with E-state index in [-0.39, 0.29) is 0 Å². The van der Waals surface area contributed by atoms with Crippen molar-refractivity contribution in [1.82, 2.24) is 15.1 Å². The van der Waals surface area contributed by atoms with Gasteiger partial charge in [0.25, 0.3) is 5.89 Å². The Morgan fingerprint density at radius 3 is 2.85 bits per heavy atom. The van der Waals surface area contributed by atoms with Gasteiger partial charge in [0.15, 0.2) is 5.82 Å². The summed E-state index contributed by atoms with van der Waals surface area (Å²) in [6.07, 6.45) is 4.08. The molecule has 2 aromatic heterocycles. The van der Waals surface area contributed by atoms with Gasteiger partial charge in [0.05, 0.1) is 5.56 Å². The van der Waals surface area contributed by atoms with Crippen molar-refractivity contribution >= 4 is 5.82 Å². The number of aromatic nitrogens is 3. The highest BCUT2D eigenvalue weighted by molar-refractivity contribution is 5.54. The minimum atomic E-state index is 0.342. The van der Waals surface area contributed by atoms with Crippen LogP contribution in [0.25, 0.3) is 11.5 Å². The van der Waals surface area contributed by atoms with Gasteiger partial charge in [-0.05, 0) is 18.6 Å². The summed E-state index contributed by atoms with van der Waals surface area (Å²) in [5.41, 5.74) is 0.812. The van der Waals surface area contributed by atoms with Crippen LogP contribution in [0, 0.1) is 0 Å². The van der Waals surface area contributed by atoms with Gasteiger partial charge in [-0.15, -0.1) is 0 Å². The summed E-state index contributed by atoms with van der Waals surface area (Å²) in [4.78, 5) is 10.8. The highest BCUT2D eigenvalue weighted by Crippen LogP contribution is 2.19. The van der Waals surface area contributed by atoms with Crippen LogP contribution in [0.5, 0.6) is 0 Å². The van der Waals surface area contributed by atoms with E-state index in [4.69, 9.17) is 9.26 Å². The zero-order valence-corrected chi connectivity index (χ0v) is 12.2. The summed E-state index contributed by atoms with van der Waals surface area (Å²) in [6.45, 7) is 3.52. The van der Waals surface area contributed by atoms with Crippen LogP contribution in [-0.4, -0.2) is 35.8 Å². The molecule has 2 rings (SSSR count). The Bertz CT molecular complexity index is 524. The summed E-state index contributed by atoms with van der Waals surface area (Å²) in [7, 11) is 3.64. The Labute approximate surface area is 118 Å². The Hall–Kier alpha value is -1.95. The fourth-order valence-corrected chi connectivity index (χ4v) is 1.81. The standard InChI is InChI=1S/C14H20N4O2/c1-4-5-8-18(2)13-7-6-11(9-15-13)14-16-12(10-19-3)17-20-14/h6-7,9H,4-5,8,10H2,1-3H3. The first-order valence-electron chi connectivity index (χ1n) is 6.73. The number of pyridine rings is 1. The summed E-state index contributed by atoms with van der Waals surface area (Å²) < 4.78 is 10.1. The van der Waals surface area contributed by atoms with Gasteiger partial charge in [-0.1, -0.05) is 18.5 Å². The molecule has 0 aliphatic carbocycles. The molecule has 6 heteroatoms. The van der Waals surface area contributed by atoms with E-state index in [1.807, 2.05) is 19.2 Å². The van der Waals surface area contributed by atoms with Crippen LogP contribution in [0.4, 0.5) is 5.82 Å². The van der Waals surface area contributed by atoms with E-state index in [9.17, 15) is 0 Å². The number of hydrogen-bond acceptors (Lipinski definition) is 6. The van der Waals surface area contributed by atoms with Gasteiger partial charge in [-0.2, -0.15) is 4.98 Å². The predicted octanol–water partition coefficient (Wildman–Crippen LogP) is 2.51. The van der Waals surface area contributed by atoms with Crippen molar-refractivity contribution in [3.8, 4) is 11.5 Å². The molecule has 2 heterocycles. The maximum absolute atomic E-state index is 5.17. The molecule has 0 saturated carbocycles. The van der Waals surface area contributed by atoms with Crippen molar-refractivity contribution in [2.24, 2.45) is 0 Å². The fraction of sp³-hybridized carbons (Fsp3) is 0.500. The van der Waals surface area contributed by atoms with E-state index < -0.39 is 0 Å². The van der Waals surface area contributed by atoms with Gasteiger partial charge in [0, 0.05) is 26.9 Å². The maximum atomic E-state index is 5.17. The Balaban J connectivity index is 2.06. The molecule has 0 atom stereocenters. The average molecular weight is 276 g/mol. The summed E-state index contributed by atoms with van der Waals surface area (Å²) in [6, 6.07) is 3.90. The molecule has 0 amide bonds. The minimum absolute atomic E-state index is 0.342. The van der Waals surface area contributed by atoms with E-state index in [0.29, 0.717) is 18.3 Å². The molecule has 0 N–H and O–H groups in total. The third-order valence-corrected chi connectivity index (χ3v) is 2.97. The molecular weight excluding hydrogens is 256 g/mol. The number of anilines is 1. The third-order valence-electron chi connectivity index (χ3n) is 2.97. The second-order valence-electron chi connectivity index (χ2n) is 4.63. The van der Waals surface area contributed by atoms with Crippen molar-refractivity contribution in [3.63, 3.8) is 0 Å². The van der Waals surface area contributed by atoms with Crippen LogP contribution in [-0.2, 0) is 11.3 Å². The second-order valence-corrected chi connectivity index (χ2v) is 4.63. The summed E-state index contributed by atoms with van der Waals surface area (Å²) in [5.74, 6) is 1.94. The van der Waals surface area contributed by atoms with Crippen LogP contribution in [0.15, 0.2) is 22.9 Å². The van der Waals surface area contributed by atoms with E-state index in [0.717, 1.165) is 24.3 Å². The number of unbranched alkanes of at least 4 members (excludes halogenated alkanes) is 1. The summed E-state index contributed by atoms with van der Waals surface area (Å²) >= 11 is 0. The van der Waals surface area contributed by atoms with Gasteiger partial charge >= 0.3 is 0 Å². The molecule has 0 unspecified atom stereocenters. The smallest absolute Gasteiger partial charge is 0.259 e. The molecular formula is C14H20N4O2. The highest BCUT2D eigenvalue weighted by atomic mass is 16.5. The van der Waals surface area contributed by atoms with Crippen molar-refractivity contribution in [2.45, 2.75) is 26.4 Å². The van der Waals surface area contributed by atoms with E-state index in [1.54, 1.807) is 13.3 Å². The molecule has 0 radical (unpaired) electrons. The molecule has 108 valence electrons. The van der Waals surface area contributed by atoms with Gasteiger partial charge in [-0.25, -0.2) is 4.98 Å².